The summed E-state index contributed by atoms with van der Waals surface area (Å²) in [6.45, 7) is 7.73. The fourth-order valence-corrected chi connectivity index (χ4v) is 3.24. The number of hydrogen-bond acceptors (Lipinski definition) is 3. The number of rotatable bonds is 1. The quantitative estimate of drug-likeness (QED) is 0.865. The molecule has 3 heteroatoms. The van der Waals surface area contributed by atoms with Crippen LogP contribution in [0.3, 0.4) is 0 Å². The third kappa shape index (κ3) is 2.11. The first-order chi connectivity index (χ1) is 9.38. The van der Waals surface area contributed by atoms with E-state index < -0.39 is 5.60 Å². The van der Waals surface area contributed by atoms with E-state index in [0.29, 0.717) is 0 Å². The number of para-hydroxylation sites is 1. The van der Waals surface area contributed by atoms with Gasteiger partial charge in [-0.15, -0.1) is 0 Å². The Hall–Kier alpha value is -1.45. The first-order valence-corrected chi connectivity index (χ1v) is 7.20. The zero-order chi connectivity index (χ0) is 14.5. The van der Waals surface area contributed by atoms with Crippen LogP contribution >= 0.6 is 0 Å². The molecule has 1 aliphatic heterocycles. The maximum absolute atomic E-state index is 10.7. The standard InChI is InChI=1S/C17H22N2O/c1-11-6-5-7-12-15(17(2,3)20)13-10-19(4)9-8-14(13)18-16(11)12/h5-7,20H,8-10H2,1-4H3. The van der Waals surface area contributed by atoms with Crippen LogP contribution in [0.25, 0.3) is 10.9 Å². The highest BCUT2D eigenvalue weighted by Crippen LogP contribution is 2.35. The van der Waals surface area contributed by atoms with E-state index in [-0.39, 0.29) is 0 Å². The second-order valence-corrected chi connectivity index (χ2v) is 6.43. The fraction of sp³-hybridized carbons (Fsp3) is 0.471. The Morgan fingerprint density at radius 3 is 2.75 bits per heavy atom. The highest BCUT2D eigenvalue weighted by atomic mass is 16.3. The fourth-order valence-electron chi connectivity index (χ4n) is 3.24. The predicted octanol–water partition coefficient (Wildman–Crippen LogP) is 2.76. The Morgan fingerprint density at radius 2 is 2.05 bits per heavy atom. The molecule has 2 aromatic rings. The molecule has 1 N–H and O–H groups in total. The van der Waals surface area contributed by atoms with Gasteiger partial charge in [0.1, 0.15) is 0 Å². The monoisotopic (exact) mass is 270 g/mol. The number of nitrogens with zero attached hydrogens (tertiary/aromatic N) is 2. The molecule has 1 aliphatic rings. The summed E-state index contributed by atoms with van der Waals surface area (Å²) >= 11 is 0. The molecule has 1 aromatic heterocycles. The molecular formula is C17H22N2O. The topological polar surface area (TPSA) is 36.4 Å². The number of aryl methyl sites for hydroxylation is 1. The van der Waals surface area contributed by atoms with Crippen LogP contribution in [0.5, 0.6) is 0 Å². The number of likely N-dealkylation sites (N-methyl/N-ethyl adjacent to an activating group) is 1. The molecule has 3 rings (SSSR count). The van der Waals surface area contributed by atoms with Crippen LogP contribution in [0.1, 0.15) is 36.2 Å². The van der Waals surface area contributed by atoms with Gasteiger partial charge < -0.3 is 10.0 Å². The molecule has 0 radical (unpaired) electrons. The summed E-state index contributed by atoms with van der Waals surface area (Å²) < 4.78 is 0. The summed E-state index contributed by atoms with van der Waals surface area (Å²) in [7, 11) is 2.12. The van der Waals surface area contributed by atoms with E-state index in [4.69, 9.17) is 4.98 Å². The van der Waals surface area contributed by atoms with Gasteiger partial charge in [0, 0.05) is 30.6 Å². The van der Waals surface area contributed by atoms with Crippen LogP contribution in [0.15, 0.2) is 18.2 Å². The number of pyridine rings is 1. The number of hydrogen-bond donors (Lipinski definition) is 1. The van der Waals surface area contributed by atoms with Crippen molar-refractivity contribution in [1.82, 2.24) is 9.88 Å². The highest BCUT2D eigenvalue weighted by Gasteiger charge is 2.28. The van der Waals surface area contributed by atoms with Gasteiger partial charge in [0.15, 0.2) is 0 Å². The third-order valence-electron chi connectivity index (χ3n) is 4.17. The van der Waals surface area contributed by atoms with E-state index in [1.165, 1.54) is 11.1 Å². The molecule has 3 nitrogen and oxygen atoms in total. The van der Waals surface area contributed by atoms with E-state index in [0.717, 1.165) is 41.7 Å². The molecule has 0 amide bonds. The SMILES string of the molecule is Cc1cccc2c(C(C)(C)O)c3c(nc12)CCN(C)C3. The number of aliphatic hydroxyl groups is 1. The zero-order valence-corrected chi connectivity index (χ0v) is 12.7. The van der Waals surface area contributed by atoms with Crippen molar-refractivity contribution in [2.24, 2.45) is 0 Å². The summed E-state index contributed by atoms with van der Waals surface area (Å²) in [5.41, 5.74) is 4.78. The maximum atomic E-state index is 10.7. The van der Waals surface area contributed by atoms with Gasteiger partial charge in [-0.1, -0.05) is 18.2 Å². The lowest BCUT2D eigenvalue weighted by Crippen LogP contribution is -2.31. The van der Waals surface area contributed by atoms with Crippen molar-refractivity contribution >= 4 is 10.9 Å². The highest BCUT2D eigenvalue weighted by molar-refractivity contribution is 5.87. The van der Waals surface area contributed by atoms with Gasteiger partial charge in [-0.3, -0.25) is 4.98 Å². The van der Waals surface area contributed by atoms with E-state index >= 15 is 0 Å². The molecule has 0 bridgehead atoms. The van der Waals surface area contributed by atoms with Crippen molar-refractivity contribution in [3.05, 3.63) is 40.6 Å². The van der Waals surface area contributed by atoms with Gasteiger partial charge in [-0.25, -0.2) is 0 Å². The summed E-state index contributed by atoms with van der Waals surface area (Å²) in [6, 6.07) is 6.22. The lowest BCUT2D eigenvalue weighted by atomic mass is 9.86. The average Bonchev–Trinajstić information content (AvgIpc) is 2.35. The van der Waals surface area contributed by atoms with Gasteiger partial charge in [0.05, 0.1) is 11.1 Å². The molecule has 0 unspecified atom stereocenters. The number of benzene rings is 1. The van der Waals surface area contributed by atoms with Crippen molar-refractivity contribution in [3.8, 4) is 0 Å². The molecule has 2 heterocycles. The van der Waals surface area contributed by atoms with Crippen molar-refractivity contribution in [2.75, 3.05) is 13.6 Å². The van der Waals surface area contributed by atoms with E-state index in [1.807, 2.05) is 19.9 Å². The van der Waals surface area contributed by atoms with Crippen LogP contribution in [-0.2, 0) is 18.6 Å². The lowest BCUT2D eigenvalue weighted by molar-refractivity contribution is 0.0778. The van der Waals surface area contributed by atoms with Crippen molar-refractivity contribution in [3.63, 3.8) is 0 Å². The summed E-state index contributed by atoms with van der Waals surface area (Å²) in [6.07, 6.45) is 0.958. The van der Waals surface area contributed by atoms with Gasteiger partial charge in [0.2, 0.25) is 0 Å². The summed E-state index contributed by atoms with van der Waals surface area (Å²) in [4.78, 5) is 7.18. The summed E-state index contributed by atoms with van der Waals surface area (Å²) in [5, 5.41) is 11.8. The smallest absolute Gasteiger partial charge is 0.0850 e. The third-order valence-corrected chi connectivity index (χ3v) is 4.17. The lowest BCUT2D eigenvalue weighted by Gasteiger charge is -2.31. The van der Waals surface area contributed by atoms with Gasteiger partial charge in [-0.05, 0) is 44.5 Å². The molecular weight excluding hydrogens is 248 g/mol. The largest absolute Gasteiger partial charge is 0.386 e. The molecule has 0 spiro atoms. The van der Waals surface area contributed by atoms with E-state index in [1.54, 1.807) is 0 Å². The molecule has 0 atom stereocenters. The Bertz CT molecular complexity index is 671. The minimum atomic E-state index is -0.850. The van der Waals surface area contributed by atoms with Crippen molar-refractivity contribution in [2.45, 2.75) is 39.3 Å². The predicted molar refractivity (Wildman–Crippen MR) is 81.8 cm³/mol. The van der Waals surface area contributed by atoms with Crippen LogP contribution in [-0.4, -0.2) is 28.6 Å². The minimum absolute atomic E-state index is 0.850. The van der Waals surface area contributed by atoms with Crippen LogP contribution < -0.4 is 0 Å². The summed E-state index contributed by atoms with van der Waals surface area (Å²) in [5.74, 6) is 0. The van der Waals surface area contributed by atoms with Gasteiger partial charge in [0.25, 0.3) is 0 Å². The molecule has 0 fully saturated rings. The molecule has 106 valence electrons. The van der Waals surface area contributed by atoms with Crippen molar-refractivity contribution in [1.29, 1.82) is 0 Å². The zero-order valence-electron chi connectivity index (χ0n) is 12.7. The minimum Gasteiger partial charge on any atom is -0.386 e. The molecule has 0 aliphatic carbocycles. The van der Waals surface area contributed by atoms with E-state index in [9.17, 15) is 5.11 Å². The first-order valence-electron chi connectivity index (χ1n) is 7.20. The Labute approximate surface area is 120 Å². The average molecular weight is 270 g/mol. The Kier molecular flexibility index (Phi) is 3.07. The first kappa shape index (κ1) is 13.5. The second-order valence-electron chi connectivity index (χ2n) is 6.43. The molecule has 0 saturated carbocycles. The molecule has 0 saturated heterocycles. The maximum Gasteiger partial charge on any atom is 0.0850 e. The van der Waals surface area contributed by atoms with Crippen molar-refractivity contribution < 1.29 is 5.11 Å². The number of aromatic nitrogens is 1. The Morgan fingerprint density at radius 1 is 1.30 bits per heavy atom. The van der Waals surface area contributed by atoms with Gasteiger partial charge >= 0.3 is 0 Å². The van der Waals surface area contributed by atoms with Crippen LogP contribution in [0.4, 0.5) is 0 Å². The van der Waals surface area contributed by atoms with Crippen LogP contribution in [0.2, 0.25) is 0 Å². The number of fused-ring (bicyclic) bond motifs is 2. The molecule has 20 heavy (non-hydrogen) atoms. The normalized spacial score (nSPS) is 16.4. The van der Waals surface area contributed by atoms with E-state index in [2.05, 4.69) is 31.0 Å². The Balaban J connectivity index is 2.41. The van der Waals surface area contributed by atoms with Gasteiger partial charge in [-0.2, -0.15) is 0 Å². The molecule has 1 aromatic carbocycles. The van der Waals surface area contributed by atoms with Crippen LogP contribution in [0, 0.1) is 6.92 Å². The second kappa shape index (κ2) is 4.54.